The fourth-order valence-corrected chi connectivity index (χ4v) is 1.74. The first-order chi connectivity index (χ1) is 9.15. The molecule has 0 aromatic rings. The molecular formula is C16H29N3. The van der Waals surface area contributed by atoms with Gasteiger partial charge in [-0.2, -0.15) is 0 Å². The fourth-order valence-electron chi connectivity index (χ4n) is 1.74. The number of aliphatic imine (C=N–C) groups is 1. The lowest BCUT2D eigenvalue weighted by Crippen LogP contribution is -2.29. The van der Waals surface area contributed by atoms with Crippen molar-refractivity contribution in [2.24, 2.45) is 16.5 Å². The van der Waals surface area contributed by atoms with E-state index in [0.29, 0.717) is 0 Å². The van der Waals surface area contributed by atoms with Crippen molar-refractivity contribution in [1.29, 1.82) is 0 Å². The van der Waals surface area contributed by atoms with E-state index < -0.39 is 0 Å². The van der Waals surface area contributed by atoms with Crippen molar-refractivity contribution in [3.05, 3.63) is 36.0 Å². The lowest BCUT2D eigenvalue weighted by atomic mass is 10.0. The third-order valence-corrected chi connectivity index (χ3v) is 2.82. The van der Waals surface area contributed by atoms with E-state index in [0.717, 1.165) is 6.42 Å². The minimum Gasteiger partial charge on any atom is -0.316 e. The number of hydrogen-bond acceptors (Lipinski definition) is 3. The summed E-state index contributed by atoms with van der Waals surface area (Å²) >= 11 is 0. The molecule has 3 nitrogen and oxygen atoms in total. The molecule has 1 rings (SSSR count). The van der Waals surface area contributed by atoms with Gasteiger partial charge >= 0.3 is 0 Å². The van der Waals surface area contributed by atoms with Gasteiger partial charge in [-0.25, -0.2) is 0 Å². The van der Waals surface area contributed by atoms with E-state index in [-0.39, 0.29) is 12.2 Å². The quantitative estimate of drug-likeness (QED) is 0.454. The molecule has 0 bridgehead atoms. The Morgan fingerprint density at radius 3 is 2.53 bits per heavy atom. The van der Waals surface area contributed by atoms with Crippen molar-refractivity contribution in [2.45, 2.75) is 58.7 Å². The van der Waals surface area contributed by atoms with Gasteiger partial charge in [0.25, 0.3) is 0 Å². The van der Waals surface area contributed by atoms with Crippen LogP contribution in [0.4, 0.5) is 0 Å². The first-order valence-electron chi connectivity index (χ1n) is 7.15. The SMILES string of the molecule is CC=NC1C=CC=CC1=CC.CCCCCC(N)N. The summed E-state index contributed by atoms with van der Waals surface area (Å²) in [6.07, 6.45) is 16.7. The van der Waals surface area contributed by atoms with Crippen molar-refractivity contribution in [3.63, 3.8) is 0 Å². The predicted octanol–water partition coefficient (Wildman–Crippen LogP) is 3.33. The maximum Gasteiger partial charge on any atom is 0.0926 e. The summed E-state index contributed by atoms with van der Waals surface area (Å²) in [6, 6.07) is 0.245. The number of allylic oxidation sites excluding steroid dienone is 3. The molecule has 1 aliphatic rings. The van der Waals surface area contributed by atoms with Crippen LogP contribution in [0.2, 0.25) is 0 Å². The van der Waals surface area contributed by atoms with Gasteiger partial charge in [-0.3, -0.25) is 4.99 Å². The second-order valence-corrected chi connectivity index (χ2v) is 4.54. The van der Waals surface area contributed by atoms with Gasteiger partial charge in [0.1, 0.15) is 0 Å². The number of nitrogens with two attached hydrogens (primary N) is 2. The van der Waals surface area contributed by atoms with Crippen LogP contribution in [0.3, 0.4) is 0 Å². The van der Waals surface area contributed by atoms with Crippen LogP contribution in [0.25, 0.3) is 0 Å². The average molecular weight is 263 g/mol. The highest BCUT2D eigenvalue weighted by Gasteiger charge is 2.05. The van der Waals surface area contributed by atoms with Gasteiger partial charge in [-0.05, 0) is 32.1 Å². The first-order valence-corrected chi connectivity index (χ1v) is 7.15. The number of hydrogen-bond donors (Lipinski definition) is 2. The zero-order chi connectivity index (χ0) is 14.5. The molecular weight excluding hydrogens is 234 g/mol. The number of rotatable bonds is 5. The molecule has 0 spiro atoms. The van der Waals surface area contributed by atoms with Crippen LogP contribution in [-0.2, 0) is 0 Å². The Morgan fingerprint density at radius 2 is 2.00 bits per heavy atom. The van der Waals surface area contributed by atoms with Gasteiger partial charge in [0, 0.05) is 0 Å². The van der Waals surface area contributed by atoms with Crippen LogP contribution < -0.4 is 11.5 Å². The topological polar surface area (TPSA) is 64.4 Å². The molecule has 1 aliphatic carbocycles. The maximum atomic E-state index is 5.31. The van der Waals surface area contributed by atoms with Crippen molar-refractivity contribution in [3.8, 4) is 0 Å². The van der Waals surface area contributed by atoms with Crippen LogP contribution in [0.5, 0.6) is 0 Å². The minimum absolute atomic E-state index is 0.0958. The van der Waals surface area contributed by atoms with E-state index in [4.69, 9.17) is 11.5 Å². The van der Waals surface area contributed by atoms with Crippen LogP contribution in [0, 0.1) is 0 Å². The molecule has 0 aromatic carbocycles. The second-order valence-electron chi connectivity index (χ2n) is 4.54. The molecule has 0 fully saturated rings. The van der Waals surface area contributed by atoms with Gasteiger partial charge in [0.05, 0.1) is 12.2 Å². The number of nitrogens with zero attached hydrogens (tertiary/aromatic N) is 1. The second kappa shape index (κ2) is 11.9. The molecule has 0 heterocycles. The van der Waals surface area contributed by atoms with E-state index >= 15 is 0 Å². The molecule has 0 radical (unpaired) electrons. The summed E-state index contributed by atoms with van der Waals surface area (Å²) in [7, 11) is 0. The summed E-state index contributed by atoms with van der Waals surface area (Å²) < 4.78 is 0. The molecule has 108 valence electrons. The molecule has 0 aromatic heterocycles. The smallest absolute Gasteiger partial charge is 0.0926 e. The van der Waals surface area contributed by atoms with E-state index in [9.17, 15) is 0 Å². The normalized spacial score (nSPS) is 20.1. The van der Waals surface area contributed by atoms with Crippen molar-refractivity contribution < 1.29 is 0 Å². The Balaban J connectivity index is 0.000000362. The summed E-state index contributed by atoms with van der Waals surface area (Å²) in [5, 5.41) is 0. The van der Waals surface area contributed by atoms with Crippen LogP contribution in [-0.4, -0.2) is 18.4 Å². The van der Waals surface area contributed by atoms with Crippen LogP contribution >= 0.6 is 0 Å². The highest BCUT2D eigenvalue weighted by molar-refractivity contribution is 5.55. The molecule has 0 aliphatic heterocycles. The Bertz CT molecular complexity index is 325. The van der Waals surface area contributed by atoms with Crippen LogP contribution in [0.1, 0.15) is 46.5 Å². The number of unbranched alkanes of at least 4 members (excludes halogenated alkanes) is 2. The highest BCUT2D eigenvalue weighted by Crippen LogP contribution is 2.13. The third-order valence-electron chi connectivity index (χ3n) is 2.82. The summed E-state index contributed by atoms with van der Waals surface area (Å²) in [4.78, 5) is 4.30. The minimum atomic E-state index is -0.0958. The summed E-state index contributed by atoms with van der Waals surface area (Å²) in [5.74, 6) is 0. The van der Waals surface area contributed by atoms with Gasteiger partial charge < -0.3 is 11.5 Å². The molecule has 0 amide bonds. The fraction of sp³-hybridized carbons (Fsp3) is 0.562. The van der Waals surface area contributed by atoms with E-state index in [1.165, 1.54) is 24.8 Å². The summed E-state index contributed by atoms with van der Waals surface area (Å²) in [6.45, 7) is 6.15. The third kappa shape index (κ3) is 9.40. The standard InChI is InChI=1S/C10H13N.C6H16N2/c1-3-9-7-5-6-8-10(9)11-4-2;1-2-3-4-5-6(7)8/h3-8,10H,1-2H3;6H,2-5,7-8H2,1H3. The Morgan fingerprint density at radius 1 is 1.26 bits per heavy atom. The van der Waals surface area contributed by atoms with Gasteiger partial charge in [0.15, 0.2) is 0 Å². The lowest BCUT2D eigenvalue weighted by Gasteiger charge is -2.10. The molecule has 1 unspecified atom stereocenters. The Hall–Kier alpha value is -1.19. The van der Waals surface area contributed by atoms with Gasteiger partial charge in [-0.1, -0.05) is 56.6 Å². The zero-order valence-corrected chi connectivity index (χ0v) is 12.5. The summed E-state index contributed by atoms with van der Waals surface area (Å²) in [5.41, 5.74) is 11.9. The largest absolute Gasteiger partial charge is 0.316 e. The Labute approximate surface area is 118 Å². The van der Waals surface area contributed by atoms with E-state index in [1.807, 2.05) is 32.2 Å². The predicted molar refractivity (Wildman–Crippen MR) is 86.3 cm³/mol. The van der Waals surface area contributed by atoms with Gasteiger partial charge in [-0.15, -0.1) is 0 Å². The molecule has 3 heteroatoms. The first kappa shape index (κ1) is 17.8. The van der Waals surface area contributed by atoms with Crippen molar-refractivity contribution in [2.75, 3.05) is 0 Å². The molecule has 1 atom stereocenters. The van der Waals surface area contributed by atoms with Crippen LogP contribution in [0.15, 0.2) is 40.9 Å². The lowest BCUT2D eigenvalue weighted by molar-refractivity contribution is 0.575. The molecule has 19 heavy (non-hydrogen) atoms. The molecule has 0 saturated heterocycles. The van der Waals surface area contributed by atoms with E-state index in [2.05, 4.69) is 30.1 Å². The maximum absolute atomic E-state index is 5.31. The van der Waals surface area contributed by atoms with Gasteiger partial charge in [0.2, 0.25) is 0 Å². The monoisotopic (exact) mass is 263 g/mol. The van der Waals surface area contributed by atoms with Crippen molar-refractivity contribution >= 4 is 6.21 Å². The average Bonchev–Trinajstić information content (AvgIpc) is 2.40. The molecule has 4 N–H and O–H groups in total. The highest BCUT2D eigenvalue weighted by atomic mass is 14.8. The molecule has 0 saturated carbocycles. The zero-order valence-electron chi connectivity index (χ0n) is 12.5. The Kier molecular flexibility index (Phi) is 11.1. The van der Waals surface area contributed by atoms with E-state index in [1.54, 1.807) is 0 Å². The van der Waals surface area contributed by atoms with Crippen molar-refractivity contribution in [1.82, 2.24) is 0 Å².